The maximum Gasteiger partial charge on any atom is 0.141 e. The summed E-state index contributed by atoms with van der Waals surface area (Å²) in [5, 5.41) is 20.4. The lowest BCUT2D eigenvalue weighted by atomic mass is 10.3. The van der Waals surface area contributed by atoms with E-state index in [1.54, 1.807) is 29.1 Å². The number of para-hydroxylation sites is 2. The number of rotatable bonds is 3. The average molecular weight is 204 g/mol. The first-order valence-corrected chi connectivity index (χ1v) is 4.65. The first-order valence-electron chi connectivity index (χ1n) is 4.65. The zero-order valence-corrected chi connectivity index (χ0v) is 8.38. The van der Waals surface area contributed by atoms with Crippen molar-refractivity contribution in [1.82, 2.24) is 20.3 Å². The third-order valence-corrected chi connectivity index (χ3v) is 2.09. The molecule has 0 amide bonds. The third kappa shape index (κ3) is 1.82. The number of aromatic nitrogens is 3. The van der Waals surface area contributed by atoms with Crippen molar-refractivity contribution in [2.24, 2.45) is 0 Å². The number of phenols is 1. The summed E-state index contributed by atoms with van der Waals surface area (Å²) in [5.41, 5.74) is 1.54. The molecule has 0 unspecified atom stereocenters. The van der Waals surface area contributed by atoms with Gasteiger partial charge in [-0.25, -0.2) is 4.68 Å². The minimum absolute atomic E-state index is 0.195. The second kappa shape index (κ2) is 4.10. The number of phenolic OH excluding ortho intramolecular Hbond substituents is 1. The van der Waals surface area contributed by atoms with E-state index in [1.165, 1.54) is 0 Å². The van der Waals surface area contributed by atoms with Gasteiger partial charge in [-0.2, -0.15) is 0 Å². The van der Waals surface area contributed by atoms with Crippen LogP contribution in [0.25, 0.3) is 5.69 Å². The van der Waals surface area contributed by atoms with Crippen molar-refractivity contribution in [3.8, 4) is 11.4 Å². The SMILES string of the molecule is CNCc1cnnn1-c1ccccc1O. The van der Waals surface area contributed by atoms with Crippen LogP contribution < -0.4 is 5.32 Å². The summed E-state index contributed by atoms with van der Waals surface area (Å²) in [5.74, 6) is 0.195. The molecule has 0 aliphatic carbocycles. The number of hydrogen-bond acceptors (Lipinski definition) is 4. The lowest BCUT2D eigenvalue weighted by Gasteiger charge is -2.06. The molecule has 0 fully saturated rings. The summed E-state index contributed by atoms with van der Waals surface area (Å²) in [7, 11) is 1.85. The third-order valence-electron chi connectivity index (χ3n) is 2.09. The van der Waals surface area contributed by atoms with Crippen LogP contribution in [0.15, 0.2) is 30.5 Å². The van der Waals surface area contributed by atoms with Crippen molar-refractivity contribution in [2.75, 3.05) is 7.05 Å². The van der Waals surface area contributed by atoms with E-state index in [0.29, 0.717) is 12.2 Å². The Morgan fingerprint density at radius 2 is 2.20 bits per heavy atom. The van der Waals surface area contributed by atoms with Crippen LogP contribution in [0.4, 0.5) is 0 Å². The van der Waals surface area contributed by atoms with Gasteiger partial charge in [-0.1, -0.05) is 17.3 Å². The Balaban J connectivity index is 2.45. The van der Waals surface area contributed by atoms with Gasteiger partial charge >= 0.3 is 0 Å². The Labute approximate surface area is 87.4 Å². The summed E-state index contributed by atoms with van der Waals surface area (Å²) in [6.07, 6.45) is 1.67. The molecule has 1 aromatic carbocycles. The van der Waals surface area contributed by atoms with Crippen LogP contribution in [-0.2, 0) is 6.54 Å². The van der Waals surface area contributed by atoms with Crippen molar-refractivity contribution >= 4 is 0 Å². The molecule has 78 valence electrons. The van der Waals surface area contributed by atoms with E-state index < -0.39 is 0 Å². The van der Waals surface area contributed by atoms with Gasteiger partial charge in [-0.05, 0) is 19.2 Å². The molecule has 0 bridgehead atoms. The smallest absolute Gasteiger partial charge is 0.141 e. The van der Waals surface area contributed by atoms with Crippen molar-refractivity contribution in [3.63, 3.8) is 0 Å². The molecule has 15 heavy (non-hydrogen) atoms. The molecule has 0 aliphatic rings. The highest BCUT2D eigenvalue weighted by molar-refractivity contribution is 5.45. The topological polar surface area (TPSA) is 63.0 Å². The van der Waals surface area contributed by atoms with Gasteiger partial charge in [0.05, 0.1) is 11.9 Å². The highest BCUT2D eigenvalue weighted by Crippen LogP contribution is 2.20. The normalized spacial score (nSPS) is 10.5. The Morgan fingerprint density at radius 1 is 1.40 bits per heavy atom. The number of aromatic hydroxyl groups is 1. The van der Waals surface area contributed by atoms with E-state index in [4.69, 9.17) is 0 Å². The molecule has 0 atom stereocenters. The molecular formula is C10H12N4O. The van der Waals surface area contributed by atoms with Crippen LogP contribution in [0, 0.1) is 0 Å². The first-order chi connectivity index (χ1) is 7.33. The largest absolute Gasteiger partial charge is 0.506 e. The average Bonchev–Trinajstić information content (AvgIpc) is 2.67. The molecule has 0 saturated carbocycles. The van der Waals surface area contributed by atoms with Crippen molar-refractivity contribution in [3.05, 3.63) is 36.2 Å². The molecule has 2 aromatic rings. The molecule has 0 radical (unpaired) electrons. The van der Waals surface area contributed by atoms with E-state index in [2.05, 4.69) is 15.6 Å². The number of hydrogen-bond donors (Lipinski definition) is 2. The van der Waals surface area contributed by atoms with E-state index in [1.807, 2.05) is 13.1 Å². The van der Waals surface area contributed by atoms with Gasteiger partial charge in [0.2, 0.25) is 0 Å². The Bertz CT molecular complexity index is 452. The van der Waals surface area contributed by atoms with E-state index in [0.717, 1.165) is 5.69 Å². The second-order valence-electron chi connectivity index (χ2n) is 3.16. The monoisotopic (exact) mass is 204 g/mol. The van der Waals surface area contributed by atoms with Crippen LogP contribution in [0.1, 0.15) is 5.69 Å². The fraction of sp³-hybridized carbons (Fsp3) is 0.200. The molecule has 5 nitrogen and oxygen atoms in total. The Hall–Kier alpha value is -1.88. The van der Waals surface area contributed by atoms with Crippen molar-refractivity contribution in [2.45, 2.75) is 6.54 Å². The molecule has 0 saturated heterocycles. The minimum Gasteiger partial charge on any atom is -0.506 e. The predicted molar refractivity (Wildman–Crippen MR) is 55.8 cm³/mol. The summed E-state index contributed by atoms with van der Waals surface area (Å²) in [4.78, 5) is 0. The lowest BCUT2D eigenvalue weighted by molar-refractivity contribution is 0.468. The van der Waals surface area contributed by atoms with Gasteiger partial charge in [-0.3, -0.25) is 0 Å². The highest BCUT2D eigenvalue weighted by atomic mass is 16.3. The predicted octanol–water partition coefficient (Wildman–Crippen LogP) is 0.692. The second-order valence-corrected chi connectivity index (χ2v) is 3.16. The molecular weight excluding hydrogens is 192 g/mol. The van der Waals surface area contributed by atoms with Crippen LogP contribution in [0.2, 0.25) is 0 Å². The Kier molecular flexibility index (Phi) is 2.64. The molecule has 1 aromatic heterocycles. The fourth-order valence-electron chi connectivity index (χ4n) is 1.40. The van der Waals surface area contributed by atoms with Crippen LogP contribution in [0.5, 0.6) is 5.75 Å². The maximum atomic E-state index is 9.67. The molecule has 5 heteroatoms. The van der Waals surface area contributed by atoms with Crippen molar-refractivity contribution < 1.29 is 5.11 Å². The molecule has 2 N–H and O–H groups in total. The molecule has 2 rings (SSSR count). The van der Waals surface area contributed by atoms with E-state index >= 15 is 0 Å². The minimum atomic E-state index is 0.195. The van der Waals surface area contributed by atoms with Gasteiger partial charge in [-0.15, -0.1) is 5.10 Å². The summed E-state index contributed by atoms with van der Waals surface area (Å²) >= 11 is 0. The number of benzene rings is 1. The van der Waals surface area contributed by atoms with Crippen LogP contribution in [-0.4, -0.2) is 27.1 Å². The van der Waals surface area contributed by atoms with E-state index in [9.17, 15) is 5.11 Å². The van der Waals surface area contributed by atoms with Crippen LogP contribution >= 0.6 is 0 Å². The zero-order chi connectivity index (χ0) is 10.7. The molecule has 0 spiro atoms. The van der Waals surface area contributed by atoms with Crippen LogP contribution in [0.3, 0.4) is 0 Å². The number of nitrogens with one attached hydrogen (secondary N) is 1. The summed E-state index contributed by atoms with van der Waals surface area (Å²) in [6.45, 7) is 0.654. The van der Waals surface area contributed by atoms with Crippen molar-refractivity contribution in [1.29, 1.82) is 0 Å². The first kappa shape index (κ1) is 9.67. The van der Waals surface area contributed by atoms with Gasteiger partial charge < -0.3 is 10.4 Å². The quantitative estimate of drug-likeness (QED) is 0.772. The van der Waals surface area contributed by atoms with E-state index in [-0.39, 0.29) is 5.75 Å². The number of nitrogens with zero attached hydrogens (tertiary/aromatic N) is 3. The van der Waals surface area contributed by atoms with Gasteiger partial charge in [0.25, 0.3) is 0 Å². The molecule has 1 heterocycles. The summed E-state index contributed by atoms with van der Waals surface area (Å²) in [6, 6.07) is 7.04. The van der Waals surface area contributed by atoms with Gasteiger partial charge in [0.15, 0.2) is 0 Å². The molecule has 0 aliphatic heterocycles. The summed E-state index contributed by atoms with van der Waals surface area (Å²) < 4.78 is 1.62. The lowest BCUT2D eigenvalue weighted by Crippen LogP contribution is -2.11. The Morgan fingerprint density at radius 3 is 2.93 bits per heavy atom. The maximum absolute atomic E-state index is 9.67. The highest BCUT2D eigenvalue weighted by Gasteiger charge is 2.08. The standard InChI is InChI=1S/C10H12N4O/c1-11-6-8-7-12-13-14(8)9-4-2-3-5-10(9)15/h2-5,7,11,15H,6H2,1H3. The fourth-order valence-corrected chi connectivity index (χ4v) is 1.40. The van der Waals surface area contributed by atoms with Gasteiger partial charge in [0, 0.05) is 6.54 Å². The zero-order valence-electron chi connectivity index (χ0n) is 8.38. The van der Waals surface area contributed by atoms with Gasteiger partial charge in [0.1, 0.15) is 11.4 Å².